The zero-order chi connectivity index (χ0) is 85.8. The van der Waals surface area contributed by atoms with Gasteiger partial charge in [0.2, 0.25) is 17.1 Å². The quantitative estimate of drug-likeness (QED) is 0.0228. The fourth-order valence-corrected chi connectivity index (χ4v) is 16.8. The van der Waals surface area contributed by atoms with E-state index < -0.39 is 167 Å². The molecule has 0 spiro atoms. The number of unbranched alkanes of at least 4 members (excludes halogenated alkanes) is 1. The van der Waals surface area contributed by atoms with Crippen LogP contribution in [0, 0.1) is 72.1 Å². The lowest BCUT2D eigenvalue weighted by molar-refractivity contribution is -0.295. The molecule has 3 aromatic heterocycles. The molecule has 24 atom stereocenters. The summed E-state index contributed by atoms with van der Waals surface area (Å²) in [6.45, 7) is 24.1. The minimum atomic E-state index is -2.04. The van der Waals surface area contributed by atoms with Gasteiger partial charge in [-0.1, -0.05) is 78.5 Å². The van der Waals surface area contributed by atoms with Gasteiger partial charge in [-0.3, -0.25) is 33.7 Å². The highest BCUT2D eigenvalue weighted by molar-refractivity contribution is 6.01. The predicted octanol–water partition coefficient (Wildman–Crippen LogP) is 9.72. The molecule has 5 aliphatic rings. The van der Waals surface area contributed by atoms with Gasteiger partial charge in [0.15, 0.2) is 48.2 Å². The Morgan fingerprint density at radius 1 is 0.698 bits per heavy atom. The minimum absolute atomic E-state index is 0.0254. The highest BCUT2D eigenvalue weighted by Gasteiger charge is 2.63. The Kier molecular flexibility index (Phi) is 31.5. The van der Waals surface area contributed by atoms with Crippen molar-refractivity contribution in [3.8, 4) is 35.9 Å². The zero-order valence-corrected chi connectivity index (χ0v) is 70.4. The van der Waals surface area contributed by atoms with Crippen LogP contribution in [-0.2, 0) is 87.4 Å². The van der Waals surface area contributed by atoms with Crippen LogP contribution in [0.5, 0.6) is 0 Å². The fourth-order valence-electron chi connectivity index (χ4n) is 16.8. The number of rotatable bonds is 19. The second kappa shape index (κ2) is 39.5. The van der Waals surface area contributed by atoms with Gasteiger partial charge < -0.3 is 71.6 Å². The molecule has 5 aliphatic heterocycles. The van der Waals surface area contributed by atoms with Crippen LogP contribution in [0.1, 0.15) is 159 Å². The Labute approximate surface area is 680 Å². The van der Waals surface area contributed by atoms with Gasteiger partial charge in [0, 0.05) is 93.3 Å². The monoisotopic (exact) mass is 1620 g/mol. The normalized spacial score (nSPS) is 35.1. The molecule has 4 fully saturated rings. The van der Waals surface area contributed by atoms with Crippen LogP contribution < -0.4 is 0 Å². The summed E-state index contributed by atoms with van der Waals surface area (Å²) in [6.07, 6.45) is 13.4. The molecule has 29 nitrogen and oxygen atoms in total. The summed E-state index contributed by atoms with van der Waals surface area (Å²) in [7, 11) is 10.3. The predicted molar refractivity (Wildman–Crippen MR) is 421 cm³/mol. The van der Waals surface area contributed by atoms with Crippen molar-refractivity contribution in [3.63, 3.8) is 0 Å². The van der Waals surface area contributed by atoms with Crippen molar-refractivity contribution in [2.24, 2.45) is 41.4 Å². The highest BCUT2D eigenvalue weighted by Crippen LogP contribution is 2.45. The van der Waals surface area contributed by atoms with Gasteiger partial charge in [0.1, 0.15) is 30.1 Å². The van der Waals surface area contributed by atoms with Crippen molar-refractivity contribution >= 4 is 53.2 Å². The number of pyridine rings is 1. The number of esters is 3. The van der Waals surface area contributed by atoms with Crippen LogP contribution >= 0.6 is 0 Å². The number of hydrogen-bond acceptors (Lipinski definition) is 26. The lowest BCUT2D eigenvalue weighted by Crippen LogP contribution is -2.60. The second-order valence-corrected chi connectivity index (χ2v) is 32.4. The maximum Gasteiger partial charge on any atom is 0.421 e. The molecule has 0 radical (unpaired) electrons. The van der Waals surface area contributed by atoms with Gasteiger partial charge in [-0.25, -0.2) is 33.9 Å². The molecule has 9 rings (SSSR count). The zero-order valence-electron chi connectivity index (χ0n) is 70.4. The Balaban J connectivity index is 0.000000291. The third-order valence-electron chi connectivity index (χ3n) is 23.6. The Hall–Kier alpha value is -8.95. The number of allylic oxidation sites excluding steroid dienone is 1. The van der Waals surface area contributed by atoms with Crippen LogP contribution in [0.25, 0.3) is 11.3 Å². The largest absolute Gasteiger partial charge is 0.456 e. The number of aromatic nitrogens is 5. The van der Waals surface area contributed by atoms with Crippen LogP contribution in [0.3, 0.4) is 0 Å². The number of carbonyl (C=O) groups excluding carboxylic acids is 9. The van der Waals surface area contributed by atoms with E-state index in [2.05, 4.69) is 26.8 Å². The molecular formula is C86H117FN8O21. The number of imidazole rings is 2. The molecule has 1 N–H and O–H groups in total. The number of likely N-dealkylation sites (N-methyl/N-ethyl adjacent to an activating group) is 2. The van der Waals surface area contributed by atoms with Crippen molar-refractivity contribution in [1.29, 1.82) is 0 Å². The van der Waals surface area contributed by atoms with E-state index in [1.165, 1.54) is 77.0 Å². The number of cyclic esters (lactones) is 2. The summed E-state index contributed by atoms with van der Waals surface area (Å²) in [5, 5.41) is 11.4. The number of carbonyl (C=O) groups is 9. The van der Waals surface area contributed by atoms with Gasteiger partial charge in [0.25, 0.3) is 0 Å². The number of terminal acetylenes is 2. The van der Waals surface area contributed by atoms with Crippen LogP contribution in [0.2, 0.25) is 0 Å². The van der Waals surface area contributed by atoms with E-state index in [1.54, 1.807) is 105 Å². The molecule has 4 aromatic rings. The van der Waals surface area contributed by atoms with Crippen LogP contribution in [-0.4, -0.2) is 248 Å². The summed E-state index contributed by atoms with van der Waals surface area (Å²) in [6, 6.07) is 9.71. The number of aliphatic hydroxyl groups excluding tert-OH is 1. The first-order chi connectivity index (χ1) is 54.7. The smallest absolute Gasteiger partial charge is 0.421 e. The highest BCUT2D eigenvalue weighted by atomic mass is 19.1. The molecule has 1 amide bonds. The van der Waals surface area contributed by atoms with E-state index in [0.29, 0.717) is 49.0 Å². The lowest BCUT2D eigenvalue weighted by Gasteiger charge is -2.47. The van der Waals surface area contributed by atoms with Gasteiger partial charge in [-0.15, -0.1) is 12.8 Å². The van der Waals surface area contributed by atoms with Crippen LogP contribution in [0.4, 0.5) is 14.0 Å². The maximum atomic E-state index is 14.8. The standard InChI is InChI=1S/C44H62FN5O10.C42H55N3O11/c1-12-33-44(13-2)38(50(42(55)60-44)19-15-14-18-49-23-31(47-24-49)30-16-17-34(45)46-22-30)27(5)35(51)25(3)21-43(8,56-11)39(28(6)36(52)29(7)40(54)58-33)59-41-37(53)32(48(9)10)20-26(4)57-41;1-12-32-42(13-2,56-40(50)45-20-19-43-24-45)23-26(4)33(46)25(3)22-41(8,51-11)36(28(6)34(47)29(7)37(48)53-32)55-39-35(31(44(9)10)21-27(5)52-39)54-38(49)30-17-15-14-16-18-30/h2,16-17,22-29,32-33,37-39,41,53H,12,14-15,18-21H2,1,3-11H3;2,14-20,23-25,27-29,31-32,35-36,39H,12,21-22H2,1,3-11H3/b;26-23+/t25-,26-,27+,28+,29-,32+,33-,37-,38-,39-,41?,43+,44-;25-,27-,28+,29-,31+,32-,35-,36-,39?,41+,42+/m11/s1. The third kappa shape index (κ3) is 20.6. The fraction of sp³-hybridized carbons (Fsp3) is 0.628. The molecule has 30 heteroatoms. The number of benzene rings is 1. The summed E-state index contributed by atoms with van der Waals surface area (Å²) in [5.41, 5.74) is -4.82. The average Bonchev–Trinajstić information content (AvgIpc) is 1.57. The third-order valence-corrected chi connectivity index (χ3v) is 23.6. The number of halogens is 1. The summed E-state index contributed by atoms with van der Waals surface area (Å²) in [5.74, 6) is -6.72. The van der Waals surface area contributed by atoms with E-state index >= 15 is 0 Å². The Morgan fingerprint density at radius 2 is 1.26 bits per heavy atom. The van der Waals surface area contributed by atoms with Gasteiger partial charge in [-0.05, 0) is 164 Å². The van der Waals surface area contributed by atoms with Crippen molar-refractivity contribution in [2.75, 3.05) is 49.0 Å². The van der Waals surface area contributed by atoms with E-state index in [1.807, 2.05) is 62.6 Å². The topological polar surface area (TPSA) is 334 Å². The van der Waals surface area contributed by atoms with Crippen molar-refractivity contribution in [3.05, 3.63) is 103 Å². The molecule has 2 unspecified atom stereocenters. The number of ketones is 4. The molecule has 0 aliphatic carbocycles. The number of aliphatic hydroxyl groups is 1. The van der Waals surface area contributed by atoms with Gasteiger partial charge in [-0.2, -0.15) is 4.39 Å². The van der Waals surface area contributed by atoms with Crippen molar-refractivity contribution in [1.82, 2.24) is 38.8 Å². The van der Waals surface area contributed by atoms with Gasteiger partial charge >= 0.3 is 30.1 Å². The molecule has 116 heavy (non-hydrogen) atoms. The van der Waals surface area contributed by atoms with Crippen molar-refractivity contribution < 1.29 is 105 Å². The first kappa shape index (κ1) is 92.6. The van der Waals surface area contributed by atoms with E-state index in [4.69, 9.17) is 65.0 Å². The number of Topliss-reactive ketones (excluding diaryl/α,β-unsaturated/α-hetero) is 4. The number of ether oxygens (including phenoxy) is 11. The number of aryl methyl sites for hydroxylation is 1. The lowest BCUT2D eigenvalue weighted by atomic mass is 9.73. The SMILES string of the molecule is C#C[C@]1(OC(=O)n2ccnc2)/C=C(\C)C(=O)[C@H](C)C[C@](C)(OC)[C@H](OC2O[C@H](C)C[C@H](N(C)C)[C@H]2OC(=O)c2ccccc2)[C@@H](C)C(=O)[C@@H](C)C(=O)O[C@@H]1CC.C#C[C@]12OC(=O)N(CCCCn3cnc(-c4ccc(F)nc4)c3)[C@@H]1[C@@H](C)C(=O)[C@H](C)C[C@](C)(OC)[C@H](OC1O[C@H](C)C[C@H](N(C)C)[C@H]1O)[C@@H](C)C(=O)[C@@H](C)C(=O)O[C@@H]2CC. The van der Waals surface area contributed by atoms with Crippen molar-refractivity contribution in [2.45, 2.75) is 257 Å². The molecule has 0 saturated carbocycles. The van der Waals surface area contributed by atoms with E-state index in [-0.39, 0.29) is 73.7 Å². The summed E-state index contributed by atoms with van der Waals surface area (Å²) in [4.78, 5) is 144. The minimum Gasteiger partial charge on any atom is -0.456 e. The number of amides is 1. The summed E-state index contributed by atoms with van der Waals surface area (Å²) < 4.78 is 84.5. The van der Waals surface area contributed by atoms with E-state index in [0.717, 1.165) is 4.57 Å². The number of methoxy groups -OCH3 is 2. The summed E-state index contributed by atoms with van der Waals surface area (Å²) >= 11 is 0. The molecule has 1 aromatic carbocycles. The number of nitrogens with zero attached hydrogens (tertiary/aromatic N) is 8. The Bertz CT molecular complexity index is 4200. The first-order valence-corrected chi connectivity index (χ1v) is 39.8. The second-order valence-electron chi connectivity index (χ2n) is 32.4. The molecular weight excluding hydrogens is 1500 g/mol. The molecule has 0 bridgehead atoms. The Morgan fingerprint density at radius 3 is 1.79 bits per heavy atom. The number of fused-ring (bicyclic) bond motifs is 1. The van der Waals surface area contributed by atoms with Gasteiger partial charge in [0.05, 0.1) is 65.3 Å². The van der Waals surface area contributed by atoms with E-state index in [9.17, 15) is 52.6 Å². The molecule has 4 saturated heterocycles. The van der Waals surface area contributed by atoms with Crippen LogP contribution in [0.15, 0.2) is 91.6 Å². The molecule has 634 valence electrons. The number of hydrogen-bond donors (Lipinski definition) is 1. The molecule has 8 heterocycles. The first-order valence-electron chi connectivity index (χ1n) is 39.8. The average molecular weight is 1620 g/mol. The maximum absolute atomic E-state index is 14.8.